The third kappa shape index (κ3) is 4.13. The number of nitrogens with zero attached hydrogens (tertiary/aromatic N) is 2. The molecule has 0 unspecified atom stereocenters. The lowest BCUT2D eigenvalue weighted by molar-refractivity contribution is -0.385. The summed E-state index contributed by atoms with van der Waals surface area (Å²) < 4.78 is 27.6. The third-order valence-electron chi connectivity index (χ3n) is 4.14. The maximum absolute atomic E-state index is 12.7. The quantitative estimate of drug-likeness (QED) is 0.367. The molecule has 144 valence electrons. The van der Waals surface area contributed by atoms with Crippen LogP contribution in [0.15, 0.2) is 59.5 Å². The summed E-state index contributed by atoms with van der Waals surface area (Å²) in [4.78, 5) is 14.0. The monoisotopic (exact) mass is 417 g/mol. The largest absolute Gasteiger partial charge is 0.270 e. The molecule has 28 heavy (non-hydrogen) atoms. The number of aryl methyl sites for hydroxylation is 2. The highest BCUT2D eigenvalue weighted by atomic mass is 35.5. The van der Waals surface area contributed by atoms with Crippen LogP contribution in [-0.4, -0.2) is 18.3 Å². The lowest BCUT2D eigenvalue weighted by Crippen LogP contribution is -2.14. The SMILES string of the molecule is Cc1cccc(C)c1-c1cc(Cl)nc(NS(=O)(=O)c2cccc([N+](=O)[O-])c2)c1. The van der Waals surface area contributed by atoms with E-state index in [0.717, 1.165) is 22.8 Å². The summed E-state index contributed by atoms with van der Waals surface area (Å²) >= 11 is 6.11. The molecule has 2 aromatic carbocycles. The van der Waals surface area contributed by atoms with Gasteiger partial charge in [0.2, 0.25) is 0 Å². The van der Waals surface area contributed by atoms with Gasteiger partial charge in [0, 0.05) is 12.1 Å². The summed E-state index contributed by atoms with van der Waals surface area (Å²) in [6.07, 6.45) is 0. The Morgan fingerprint density at radius 3 is 2.32 bits per heavy atom. The van der Waals surface area contributed by atoms with E-state index in [1.165, 1.54) is 18.2 Å². The Morgan fingerprint density at radius 2 is 1.68 bits per heavy atom. The Kier molecular flexibility index (Phi) is 5.35. The Morgan fingerprint density at radius 1 is 1.04 bits per heavy atom. The zero-order chi connectivity index (χ0) is 20.5. The number of benzene rings is 2. The Balaban J connectivity index is 2.02. The summed E-state index contributed by atoms with van der Waals surface area (Å²) in [7, 11) is -4.08. The molecule has 0 aliphatic carbocycles. The smallest absolute Gasteiger partial charge is 0.263 e. The second kappa shape index (κ2) is 7.57. The lowest BCUT2D eigenvalue weighted by Gasteiger charge is -2.13. The molecular weight excluding hydrogens is 402 g/mol. The molecule has 7 nitrogen and oxygen atoms in total. The zero-order valence-corrected chi connectivity index (χ0v) is 16.6. The van der Waals surface area contributed by atoms with Gasteiger partial charge in [-0.05, 0) is 54.3 Å². The molecular formula is C19H16ClN3O4S. The average molecular weight is 418 g/mol. The van der Waals surface area contributed by atoms with Gasteiger partial charge in [-0.15, -0.1) is 0 Å². The van der Waals surface area contributed by atoms with Gasteiger partial charge in [-0.3, -0.25) is 14.8 Å². The molecule has 9 heteroatoms. The van der Waals surface area contributed by atoms with Crippen LogP contribution in [0.25, 0.3) is 11.1 Å². The first-order chi connectivity index (χ1) is 13.2. The van der Waals surface area contributed by atoms with E-state index in [2.05, 4.69) is 9.71 Å². The van der Waals surface area contributed by atoms with Crippen LogP contribution in [-0.2, 0) is 10.0 Å². The second-order valence-electron chi connectivity index (χ2n) is 6.19. The molecule has 0 spiro atoms. The van der Waals surface area contributed by atoms with E-state index in [-0.39, 0.29) is 21.6 Å². The van der Waals surface area contributed by atoms with Gasteiger partial charge in [0.1, 0.15) is 11.0 Å². The van der Waals surface area contributed by atoms with Gasteiger partial charge >= 0.3 is 0 Å². The molecule has 0 saturated heterocycles. The highest BCUT2D eigenvalue weighted by molar-refractivity contribution is 7.92. The van der Waals surface area contributed by atoms with Crippen molar-refractivity contribution in [3.63, 3.8) is 0 Å². The first kappa shape index (κ1) is 19.8. The van der Waals surface area contributed by atoms with Crippen LogP contribution >= 0.6 is 11.6 Å². The number of aromatic nitrogens is 1. The predicted molar refractivity (Wildman–Crippen MR) is 108 cm³/mol. The molecule has 0 atom stereocenters. The van der Waals surface area contributed by atoms with Crippen molar-refractivity contribution in [3.05, 3.63) is 81.0 Å². The van der Waals surface area contributed by atoms with Crippen LogP contribution in [0.2, 0.25) is 5.15 Å². The predicted octanol–water partition coefficient (Wildman–Crippen LogP) is 4.73. The molecule has 1 aromatic heterocycles. The van der Waals surface area contributed by atoms with Crippen molar-refractivity contribution < 1.29 is 13.3 Å². The number of halogens is 1. The van der Waals surface area contributed by atoms with Crippen LogP contribution in [0.1, 0.15) is 11.1 Å². The second-order valence-corrected chi connectivity index (χ2v) is 8.26. The van der Waals surface area contributed by atoms with Crippen molar-refractivity contribution in [1.82, 2.24) is 4.98 Å². The average Bonchev–Trinajstić information content (AvgIpc) is 2.61. The van der Waals surface area contributed by atoms with Crippen LogP contribution in [0.5, 0.6) is 0 Å². The van der Waals surface area contributed by atoms with E-state index in [4.69, 9.17) is 11.6 Å². The number of hydrogen-bond acceptors (Lipinski definition) is 5. The van der Waals surface area contributed by atoms with Gasteiger partial charge in [-0.2, -0.15) is 0 Å². The lowest BCUT2D eigenvalue weighted by atomic mass is 9.96. The maximum atomic E-state index is 12.7. The maximum Gasteiger partial charge on any atom is 0.270 e. The number of non-ortho nitro benzene ring substituents is 1. The molecule has 0 fully saturated rings. The van der Waals surface area contributed by atoms with Crippen LogP contribution in [0, 0.1) is 24.0 Å². The standard InChI is InChI=1S/C19H16ClN3O4S/c1-12-5-3-6-13(2)19(12)14-9-17(20)21-18(10-14)22-28(26,27)16-8-4-7-15(11-16)23(24)25/h3-11H,1-2H3,(H,21,22). The number of rotatable bonds is 5. The van der Waals surface area contributed by atoms with Crippen molar-refractivity contribution >= 4 is 33.1 Å². The normalized spacial score (nSPS) is 11.2. The first-order valence-electron chi connectivity index (χ1n) is 8.19. The minimum atomic E-state index is -4.08. The fraction of sp³-hybridized carbons (Fsp3) is 0.105. The number of sulfonamides is 1. The minimum absolute atomic E-state index is 0.0247. The molecule has 0 saturated carbocycles. The number of nitrogens with one attached hydrogen (secondary N) is 1. The highest BCUT2D eigenvalue weighted by Gasteiger charge is 2.19. The Labute approximate surface area is 167 Å². The molecule has 0 amide bonds. The molecule has 1 N–H and O–H groups in total. The topological polar surface area (TPSA) is 102 Å². The van der Waals surface area contributed by atoms with E-state index >= 15 is 0 Å². The van der Waals surface area contributed by atoms with Gasteiger partial charge in [-0.1, -0.05) is 35.9 Å². The van der Waals surface area contributed by atoms with Crippen molar-refractivity contribution in [3.8, 4) is 11.1 Å². The zero-order valence-electron chi connectivity index (χ0n) is 15.0. The summed E-state index contributed by atoms with van der Waals surface area (Å²) in [6, 6.07) is 13.8. The molecule has 0 bridgehead atoms. The summed E-state index contributed by atoms with van der Waals surface area (Å²) in [5.74, 6) is 0.0247. The molecule has 3 aromatic rings. The van der Waals surface area contributed by atoms with Crippen molar-refractivity contribution in [1.29, 1.82) is 0 Å². The molecule has 3 rings (SSSR count). The first-order valence-corrected chi connectivity index (χ1v) is 10.0. The van der Waals surface area contributed by atoms with Gasteiger partial charge < -0.3 is 0 Å². The fourth-order valence-corrected chi connectivity index (χ4v) is 4.16. The Bertz CT molecular complexity index is 1160. The van der Waals surface area contributed by atoms with Gasteiger partial charge in [0.25, 0.3) is 15.7 Å². The summed E-state index contributed by atoms with van der Waals surface area (Å²) in [5, 5.41) is 11.0. The van der Waals surface area contributed by atoms with Gasteiger partial charge in [0.05, 0.1) is 9.82 Å². The fourth-order valence-electron chi connectivity index (χ4n) is 2.92. The third-order valence-corrected chi connectivity index (χ3v) is 5.69. The van der Waals surface area contributed by atoms with Crippen LogP contribution in [0.4, 0.5) is 11.5 Å². The molecule has 0 radical (unpaired) electrons. The van der Waals surface area contributed by atoms with E-state index in [1.54, 1.807) is 12.1 Å². The van der Waals surface area contributed by atoms with E-state index in [0.29, 0.717) is 5.56 Å². The number of nitro benzene ring substituents is 1. The highest BCUT2D eigenvalue weighted by Crippen LogP contribution is 2.31. The van der Waals surface area contributed by atoms with Crippen LogP contribution in [0.3, 0.4) is 0 Å². The van der Waals surface area contributed by atoms with Gasteiger partial charge in [-0.25, -0.2) is 13.4 Å². The van der Waals surface area contributed by atoms with E-state index < -0.39 is 14.9 Å². The van der Waals surface area contributed by atoms with E-state index in [9.17, 15) is 18.5 Å². The van der Waals surface area contributed by atoms with Crippen molar-refractivity contribution in [2.75, 3.05) is 4.72 Å². The number of pyridine rings is 1. The molecule has 1 heterocycles. The Hall–Kier alpha value is -2.97. The van der Waals surface area contributed by atoms with Crippen LogP contribution < -0.4 is 4.72 Å². The summed E-state index contributed by atoms with van der Waals surface area (Å²) in [5.41, 5.74) is 3.35. The molecule has 0 aliphatic heterocycles. The number of anilines is 1. The van der Waals surface area contributed by atoms with Crippen molar-refractivity contribution in [2.45, 2.75) is 18.7 Å². The van der Waals surface area contributed by atoms with Crippen molar-refractivity contribution in [2.24, 2.45) is 0 Å². The number of hydrogen-bond donors (Lipinski definition) is 1. The minimum Gasteiger partial charge on any atom is -0.263 e. The summed E-state index contributed by atoms with van der Waals surface area (Å²) in [6.45, 7) is 3.90. The van der Waals surface area contributed by atoms with Gasteiger partial charge in [0.15, 0.2) is 0 Å². The van der Waals surface area contributed by atoms with E-state index in [1.807, 2.05) is 32.0 Å². The molecule has 0 aliphatic rings. The number of nitro groups is 1.